The van der Waals surface area contributed by atoms with Crippen molar-refractivity contribution in [2.75, 3.05) is 18.2 Å². The SMILES string of the molecule is CSc1cc2c(c(-c3cn(C4CC4)c4cnc(NC(C)=O)cc34)n1)OCC(C)O2. The Hall–Kier alpha value is -2.74. The molecular weight excluding hydrogens is 388 g/mol. The normalized spacial score (nSPS) is 18.1. The zero-order chi connectivity index (χ0) is 20.1. The molecule has 150 valence electrons. The van der Waals surface area contributed by atoms with E-state index in [0.29, 0.717) is 24.2 Å². The standard InChI is InChI=1S/C21H22N4O3S/c1-11-10-27-21-17(28-11)7-19(29-3)24-20(21)15-9-25(13-4-5-13)16-8-22-18(6-14(15)16)23-12(2)26/h6-9,11,13H,4-5,10H2,1-3H3,(H,22,23,26). The van der Waals surface area contributed by atoms with Crippen molar-refractivity contribution in [1.82, 2.24) is 14.5 Å². The summed E-state index contributed by atoms with van der Waals surface area (Å²) in [6.45, 7) is 3.96. The zero-order valence-corrected chi connectivity index (χ0v) is 17.4. The van der Waals surface area contributed by atoms with Gasteiger partial charge in [0, 0.05) is 36.2 Å². The van der Waals surface area contributed by atoms with Gasteiger partial charge in [-0.3, -0.25) is 4.79 Å². The lowest BCUT2D eigenvalue weighted by atomic mass is 10.1. The number of nitrogens with one attached hydrogen (secondary N) is 1. The summed E-state index contributed by atoms with van der Waals surface area (Å²) < 4.78 is 14.4. The molecule has 1 N–H and O–H groups in total. The number of thioether (sulfide) groups is 1. The fourth-order valence-corrected chi connectivity index (χ4v) is 4.10. The maximum atomic E-state index is 11.5. The second-order valence-corrected chi connectivity index (χ2v) is 8.36. The first-order valence-electron chi connectivity index (χ1n) is 9.70. The van der Waals surface area contributed by atoms with Crippen molar-refractivity contribution in [1.29, 1.82) is 0 Å². The molecule has 3 aromatic heterocycles. The number of pyridine rings is 2. The molecule has 1 atom stereocenters. The summed E-state index contributed by atoms with van der Waals surface area (Å²) in [5.74, 6) is 1.78. The molecule has 8 heteroatoms. The molecule has 0 radical (unpaired) electrons. The minimum Gasteiger partial charge on any atom is -0.484 e. The third-order valence-electron chi connectivity index (χ3n) is 5.13. The highest BCUT2D eigenvalue weighted by atomic mass is 32.2. The van der Waals surface area contributed by atoms with Gasteiger partial charge in [-0.15, -0.1) is 11.8 Å². The topological polar surface area (TPSA) is 78.3 Å². The largest absolute Gasteiger partial charge is 0.484 e. The Morgan fingerprint density at radius 2 is 2.17 bits per heavy atom. The number of carbonyl (C=O) groups excluding carboxylic acids is 1. The lowest BCUT2D eigenvalue weighted by Gasteiger charge is -2.25. The van der Waals surface area contributed by atoms with Crippen molar-refractivity contribution >= 4 is 34.4 Å². The lowest BCUT2D eigenvalue weighted by Crippen LogP contribution is -2.26. The summed E-state index contributed by atoms with van der Waals surface area (Å²) in [6, 6.07) is 4.33. The van der Waals surface area contributed by atoms with Crippen LogP contribution in [0.4, 0.5) is 5.82 Å². The quantitative estimate of drug-likeness (QED) is 0.647. The molecule has 1 aliphatic heterocycles. The Morgan fingerprint density at radius 1 is 1.34 bits per heavy atom. The first-order chi connectivity index (χ1) is 14.0. The van der Waals surface area contributed by atoms with E-state index in [2.05, 4.69) is 21.1 Å². The molecule has 0 aromatic carbocycles. The number of carbonyl (C=O) groups is 1. The first kappa shape index (κ1) is 18.3. The van der Waals surface area contributed by atoms with Gasteiger partial charge >= 0.3 is 0 Å². The molecule has 5 rings (SSSR count). The summed E-state index contributed by atoms with van der Waals surface area (Å²) in [4.78, 5) is 20.8. The Bertz CT molecular complexity index is 1120. The highest BCUT2D eigenvalue weighted by Crippen LogP contribution is 2.46. The van der Waals surface area contributed by atoms with Gasteiger partial charge in [-0.2, -0.15) is 0 Å². The number of nitrogens with zero attached hydrogens (tertiary/aromatic N) is 3. The van der Waals surface area contributed by atoms with Crippen molar-refractivity contribution in [2.24, 2.45) is 0 Å². The van der Waals surface area contributed by atoms with Gasteiger partial charge in [-0.1, -0.05) is 0 Å². The highest BCUT2D eigenvalue weighted by molar-refractivity contribution is 7.98. The predicted molar refractivity (Wildman–Crippen MR) is 113 cm³/mol. The summed E-state index contributed by atoms with van der Waals surface area (Å²) in [5.41, 5.74) is 2.76. The molecular formula is C21H22N4O3S. The molecule has 2 aliphatic rings. The second-order valence-electron chi connectivity index (χ2n) is 7.53. The van der Waals surface area contributed by atoms with Crippen LogP contribution in [0, 0.1) is 0 Å². The molecule has 0 bridgehead atoms. The monoisotopic (exact) mass is 410 g/mol. The number of anilines is 1. The van der Waals surface area contributed by atoms with Gasteiger partial charge < -0.3 is 19.4 Å². The molecule has 7 nitrogen and oxygen atoms in total. The number of fused-ring (bicyclic) bond motifs is 2. The lowest BCUT2D eigenvalue weighted by molar-refractivity contribution is -0.114. The van der Waals surface area contributed by atoms with Crippen molar-refractivity contribution in [2.45, 2.75) is 43.9 Å². The Balaban J connectivity index is 1.74. The van der Waals surface area contributed by atoms with E-state index in [9.17, 15) is 4.79 Å². The van der Waals surface area contributed by atoms with Crippen LogP contribution in [0.1, 0.15) is 32.7 Å². The van der Waals surface area contributed by atoms with E-state index in [1.807, 2.05) is 31.5 Å². The number of rotatable bonds is 4. The van der Waals surface area contributed by atoms with Crippen LogP contribution in [0.2, 0.25) is 0 Å². The fraction of sp³-hybridized carbons (Fsp3) is 0.381. The smallest absolute Gasteiger partial charge is 0.222 e. The second kappa shape index (κ2) is 6.95. The Kier molecular flexibility index (Phi) is 4.38. The average molecular weight is 410 g/mol. The molecule has 1 saturated carbocycles. The van der Waals surface area contributed by atoms with Crippen LogP contribution in [0.5, 0.6) is 11.5 Å². The molecule has 0 spiro atoms. The molecule has 1 fully saturated rings. The predicted octanol–water partition coefficient (Wildman–Crippen LogP) is 4.27. The third-order valence-corrected chi connectivity index (χ3v) is 5.76. The van der Waals surface area contributed by atoms with E-state index in [1.165, 1.54) is 6.92 Å². The van der Waals surface area contributed by atoms with Crippen LogP contribution in [0.3, 0.4) is 0 Å². The first-order valence-corrected chi connectivity index (χ1v) is 10.9. The van der Waals surface area contributed by atoms with Gasteiger partial charge in [0.1, 0.15) is 29.2 Å². The van der Waals surface area contributed by atoms with E-state index in [0.717, 1.165) is 45.8 Å². The number of aromatic nitrogens is 3. The van der Waals surface area contributed by atoms with Crippen molar-refractivity contribution in [3.8, 4) is 22.8 Å². The van der Waals surface area contributed by atoms with Crippen LogP contribution >= 0.6 is 11.8 Å². The van der Waals surface area contributed by atoms with Crippen LogP contribution in [0.25, 0.3) is 22.2 Å². The molecule has 0 saturated heterocycles. The molecule has 29 heavy (non-hydrogen) atoms. The third kappa shape index (κ3) is 3.31. The van der Waals surface area contributed by atoms with Crippen molar-refractivity contribution in [3.05, 3.63) is 24.5 Å². The molecule has 3 aromatic rings. The number of hydrogen-bond donors (Lipinski definition) is 1. The van der Waals surface area contributed by atoms with E-state index in [4.69, 9.17) is 14.5 Å². The maximum absolute atomic E-state index is 11.5. The van der Waals surface area contributed by atoms with Crippen molar-refractivity contribution in [3.63, 3.8) is 0 Å². The summed E-state index contributed by atoms with van der Waals surface area (Å²) >= 11 is 1.57. The number of hydrogen-bond acceptors (Lipinski definition) is 6. The van der Waals surface area contributed by atoms with Crippen LogP contribution < -0.4 is 14.8 Å². The summed E-state index contributed by atoms with van der Waals surface area (Å²) in [6.07, 6.45) is 8.27. The fourth-order valence-electron chi connectivity index (χ4n) is 3.69. The average Bonchev–Trinajstić information content (AvgIpc) is 3.47. The highest BCUT2D eigenvalue weighted by Gasteiger charge is 2.30. The molecule has 1 unspecified atom stereocenters. The van der Waals surface area contributed by atoms with E-state index in [1.54, 1.807) is 11.8 Å². The van der Waals surface area contributed by atoms with E-state index < -0.39 is 0 Å². The van der Waals surface area contributed by atoms with Crippen LogP contribution in [-0.4, -0.2) is 39.4 Å². The number of ether oxygens (including phenoxy) is 2. The Morgan fingerprint density at radius 3 is 2.90 bits per heavy atom. The minimum atomic E-state index is -0.148. The summed E-state index contributed by atoms with van der Waals surface area (Å²) in [7, 11) is 0. The molecule has 4 heterocycles. The van der Waals surface area contributed by atoms with Gasteiger partial charge in [-0.05, 0) is 32.1 Å². The van der Waals surface area contributed by atoms with Crippen LogP contribution in [0.15, 0.2) is 29.6 Å². The maximum Gasteiger partial charge on any atom is 0.222 e. The minimum absolute atomic E-state index is 0.00386. The van der Waals surface area contributed by atoms with Crippen molar-refractivity contribution < 1.29 is 14.3 Å². The van der Waals surface area contributed by atoms with Gasteiger partial charge in [-0.25, -0.2) is 9.97 Å². The Labute approximate surface area is 172 Å². The van der Waals surface area contributed by atoms with E-state index >= 15 is 0 Å². The molecule has 1 amide bonds. The van der Waals surface area contributed by atoms with Gasteiger partial charge in [0.05, 0.1) is 11.7 Å². The summed E-state index contributed by atoms with van der Waals surface area (Å²) in [5, 5.41) is 4.65. The van der Waals surface area contributed by atoms with E-state index in [-0.39, 0.29) is 12.0 Å². The number of amides is 1. The molecule has 1 aliphatic carbocycles. The van der Waals surface area contributed by atoms with Gasteiger partial charge in [0.25, 0.3) is 0 Å². The van der Waals surface area contributed by atoms with Crippen LogP contribution in [-0.2, 0) is 4.79 Å². The van der Waals surface area contributed by atoms with Gasteiger partial charge in [0.2, 0.25) is 5.91 Å². The zero-order valence-electron chi connectivity index (χ0n) is 16.6. The van der Waals surface area contributed by atoms with Gasteiger partial charge in [0.15, 0.2) is 11.5 Å².